The molecule has 0 saturated heterocycles. The van der Waals surface area contributed by atoms with Crippen LogP contribution in [-0.4, -0.2) is 53.1 Å². The third kappa shape index (κ3) is 29.8. The first kappa shape index (κ1) is 42.3. The van der Waals surface area contributed by atoms with Crippen molar-refractivity contribution >= 4 is 16.0 Å². The van der Waals surface area contributed by atoms with E-state index >= 15 is 0 Å². The van der Waals surface area contributed by atoms with Crippen LogP contribution in [0.2, 0.25) is 0 Å². The number of carbonyl (C=O) groups excluding carboxylic acids is 1. The Morgan fingerprint density at radius 2 is 0.837 bits per heavy atom. The van der Waals surface area contributed by atoms with E-state index in [1.807, 2.05) is 0 Å². The molecule has 0 rings (SSSR count). The van der Waals surface area contributed by atoms with Gasteiger partial charge in [-0.2, -0.15) is 8.42 Å². The fourth-order valence-electron chi connectivity index (χ4n) is 5.81. The SMILES string of the molecule is CCCCCCCCCCCCCCCCCC(O)C(CS(=O)(=O)O)NC(=O)C(O)CCCCCCCCCCCCC. The van der Waals surface area contributed by atoms with Gasteiger partial charge in [-0.1, -0.05) is 181 Å². The smallest absolute Gasteiger partial charge is 0.266 e. The largest absolute Gasteiger partial charge is 0.391 e. The lowest BCUT2D eigenvalue weighted by atomic mass is 10.0. The van der Waals surface area contributed by atoms with Crippen LogP contribution in [0.1, 0.15) is 194 Å². The summed E-state index contributed by atoms with van der Waals surface area (Å²) in [6.45, 7) is 4.48. The number of rotatable bonds is 33. The van der Waals surface area contributed by atoms with Crippen LogP contribution in [-0.2, 0) is 14.9 Å². The molecule has 1 amide bonds. The predicted octanol–water partition coefficient (Wildman–Crippen LogP) is 9.04. The minimum absolute atomic E-state index is 0.302. The average Bonchev–Trinajstić information content (AvgIpc) is 2.96. The molecule has 0 aromatic heterocycles. The lowest BCUT2D eigenvalue weighted by Crippen LogP contribution is -2.50. The summed E-state index contributed by atoms with van der Waals surface area (Å²) in [7, 11) is -4.39. The fourth-order valence-corrected chi connectivity index (χ4v) is 6.57. The quantitative estimate of drug-likeness (QED) is 0.0422. The summed E-state index contributed by atoms with van der Waals surface area (Å²) in [5, 5.41) is 23.4. The van der Waals surface area contributed by atoms with Gasteiger partial charge in [0.15, 0.2) is 0 Å². The van der Waals surface area contributed by atoms with Gasteiger partial charge in [0.2, 0.25) is 5.91 Å². The minimum Gasteiger partial charge on any atom is -0.391 e. The molecule has 0 heterocycles. The first-order chi connectivity index (χ1) is 20.7. The predicted molar refractivity (Wildman–Crippen MR) is 181 cm³/mol. The topological polar surface area (TPSA) is 124 Å². The summed E-state index contributed by atoms with van der Waals surface area (Å²) in [6, 6.07) is -1.14. The van der Waals surface area contributed by atoms with Gasteiger partial charge < -0.3 is 15.5 Å². The third-order valence-electron chi connectivity index (χ3n) is 8.67. The average molecular weight is 634 g/mol. The molecule has 0 saturated carbocycles. The maximum absolute atomic E-state index is 12.5. The molecule has 0 radical (unpaired) electrons. The second kappa shape index (κ2) is 30.0. The van der Waals surface area contributed by atoms with E-state index in [4.69, 9.17) is 0 Å². The van der Waals surface area contributed by atoms with Gasteiger partial charge in [0.05, 0.1) is 17.9 Å². The molecule has 8 heteroatoms. The zero-order chi connectivity index (χ0) is 32.0. The monoisotopic (exact) mass is 634 g/mol. The van der Waals surface area contributed by atoms with Gasteiger partial charge in [-0.3, -0.25) is 9.35 Å². The maximum atomic E-state index is 12.5. The molecule has 0 fully saturated rings. The summed E-state index contributed by atoms with van der Waals surface area (Å²) in [4.78, 5) is 12.5. The summed E-state index contributed by atoms with van der Waals surface area (Å²) in [6.07, 6.45) is 29.8. The van der Waals surface area contributed by atoms with E-state index in [1.54, 1.807) is 0 Å². The second-order valence-electron chi connectivity index (χ2n) is 13.0. The van der Waals surface area contributed by atoms with Crippen molar-refractivity contribution in [3.05, 3.63) is 0 Å². The van der Waals surface area contributed by atoms with Crippen LogP contribution in [0.15, 0.2) is 0 Å². The highest BCUT2D eigenvalue weighted by Gasteiger charge is 2.28. The number of unbranched alkanes of at least 4 members (excludes halogenated alkanes) is 24. The fraction of sp³-hybridized carbons (Fsp3) is 0.971. The van der Waals surface area contributed by atoms with Crippen molar-refractivity contribution in [2.45, 2.75) is 212 Å². The minimum atomic E-state index is -4.39. The van der Waals surface area contributed by atoms with Gasteiger partial charge in [0.25, 0.3) is 10.1 Å². The first-order valence-electron chi connectivity index (χ1n) is 18.3. The molecular weight excluding hydrogens is 562 g/mol. The number of hydrogen-bond acceptors (Lipinski definition) is 5. The molecule has 43 heavy (non-hydrogen) atoms. The van der Waals surface area contributed by atoms with E-state index in [0.29, 0.717) is 12.8 Å². The summed E-state index contributed by atoms with van der Waals surface area (Å²) < 4.78 is 32.4. The molecule has 3 atom stereocenters. The molecule has 0 aliphatic rings. The zero-order valence-corrected chi connectivity index (χ0v) is 29.0. The van der Waals surface area contributed by atoms with Crippen molar-refractivity contribution in [2.24, 2.45) is 0 Å². The van der Waals surface area contributed by atoms with Crippen LogP contribution in [0.5, 0.6) is 0 Å². The van der Waals surface area contributed by atoms with E-state index in [-0.39, 0.29) is 0 Å². The Labute approximate surface area is 266 Å². The number of hydrogen-bond donors (Lipinski definition) is 4. The molecule has 4 N–H and O–H groups in total. The Balaban J connectivity index is 4.03. The van der Waals surface area contributed by atoms with Gasteiger partial charge in [-0.05, 0) is 12.8 Å². The van der Waals surface area contributed by atoms with Gasteiger partial charge in [-0.25, -0.2) is 0 Å². The molecule has 0 bridgehead atoms. The molecule has 0 aliphatic carbocycles. The maximum Gasteiger partial charge on any atom is 0.266 e. The molecule has 0 spiro atoms. The Hall–Kier alpha value is -0.700. The van der Waals surface area contributed by atoms with Gasteiger partial charge in [0.1, 0.15) is 6.10 Å². The Bertz CT molecular complexity index is 717. The molecule has 0 aliphatic heterocycles. The van der Waals surface area contributed by atoms with E-state index in [2.05, 4.69) is 19.2 Å². The van der Waals surface area contributed by atoms with Crippen LogP contribution in [0, 0.1) is 0 Å². The summed E-state index contributed by atoms with van der Waals surface area (Å²) in [5.74, 6) is -1.44. The van der Waals surface area contributed by atoms with E-state index in [0.717, 1.165) is 51.4 Å². The van der Waals surface area contributed by atoms with Crippen LogP contribution >= 0.6 is 0 Å². The standard InChI is InChI=1S/C35H71NO6S/c1-3-5-7-9-11-13-15-16-17-18-20-21-23-25-27-29-33(37)32(31-43(40,41)42)36-35(39)34(38)30-28-26-24-22-19-14-12-10-8-6-4-2/h32-34,37-38H,3-31H2,1-2H3,(H,36,39)(H,40,41,42). The van der Waals surface area contributed by atoms with Crippen LogP contribution in [0.25, 0.3) is 0 Å². The van der Waals surface area contributed by atoms with Gasteiger partial charge in [-0.15, -0.1) is 0 Å². The van der Waals surface area contributed by atoms with Gasteiger partial charge >= 0.3 is 0 Å². The Kier molecular flexibility index (Phi) is 29.5. The molecule has 3 unspecified atom stereocenters. The van der Waals surface area contributed by atoms with Crippen LogP contribution in [0.4, 0.5) is 0 Å². The number of amides is 1. The summed E-state index contributed by atoms with van der Waals surface area (Å²) in [5.41, 5.74) is 0. The molecule has 0 aromatic carbocycles. The van der Waals surface area contributed by atoms with Crippen molar-refractivity contribution in [2.75, 3.05) is 5.75 Å². The number of nitrogens with one attached hydrogen (secondary N) is 1. The van der Waals surface area contributed by atoms with Crippen molar-refractivity contribution in [1.29, 1.82) is 0 Å². The Morgan fingerprint density at radius 3 is 1.16 bits per heavy atom. The van der Waals surface area contributed by atoms with E-state index in [1.165, 1.54) is 116 Å². The molecule has 258 valence electrons. The van der Waals surface area contributed by atoms with Crippen molar-refractivity contribution < 1.29 is 28.0 Å². The van der Waals surface area contributed by atoms with Crippen molar-refractivity contribution in [3.8, 4) is 0 Å². The van der Waals surface area contributed by atoms with Crippen molar-refractivity contribution in [3.63, 3.8) is 0 Å². The highest BCUT2D eigenvalue weighted by atomic mass is 32.2. The highest BCUT2D eigenvalue weighted by molar-refractivity contribution is 7.85. The normalized spacial score (nSPS) is 14.1. The number of carbonyl (C=O) groups is 1. The van der Waals surface area contributed by atoms with Crippen LogP contribution in [0.3, 0.4) is 0 Å². The first-order valence-corrected chi connectivity index (χ1v) is 19.9. The van der Waals surface area contributed by atoms with Gasteiger partial charge in [0, 0.05) is 0 Å². The van der Waals surface area contributed by atoms with E-state index in [9.17, 15) is 28.0 Å². The molecular formula is C35H71NO6S. The zero-order valence-electron chi connectivity index (χ0n) is 28.2. The highest BCUT2D eigenvalue weighted by Crippen LogP contribution is 2.16. The number of aliphatic hydroxyl groups excluding tert-OH is 2. The number of aliphatic hydroxyl groups is 2. The lowest BCUT2D eigenvalue weighted by Gasteiger charge is -2.24. The van der Waals surface area contributed by atoms with Crippen molar-refractivity contribution in [1.82, 2.24) is 5.32 Å². The van der Waals surface area contributed by atoms with Crippen LogP contribution < -0.4 is 5.32 Å². The lowest BCUT2D eigenvalue weighted by molar-refractivity contribution is -0.131. The Morgan fingerprint density at radius 1 is 0.535 bits per heavy atom. The molecule has 7 nitrogen and oxygen atoms in total. The third-order valence-corrected chi connectivity index (χ3v) is 9.45. The summed E-state index contributed by atoms with van der Waals surface area (Å²) >= 11 is 0. The second-order valence-corrected chi connectivity index (χ2v) is 14.5. The molecule has 0 aromatic rings. The van der Waals surface area contributed by atoms with E-state index < -0.39 is 40.0 Å².